The van der Waals surface area contributed by atoms with E-state index < -0.39 is 41.3 Å². The highest BCUT2D eigenvalue weighted by Gasteiger charge is 2.48. The smallest absolute Gasteiger partial charge is 0.237 e. The number of nitrogens with one attached hydrogen (secondary N) is 1. The molecule has 2 rings (SSSR count). The largest absolute Gasteiger partial charge is 0.388 e. The van der Waals surface area contributed by atoms with Gasteiger partial charge in [-0.25, -0.2) is 0 Å². The van der Waals surface area contributed by atoms with E-state index in [4.69, 9.17) is 16.3 Å². The molecule has 4 N–H and O–H groups in total. The van der Waals surface area contributed by atoms with Gasteiger partial charge in [0.25, 0.3) is 0 Å². The summed E-state index contributed by atoms with van der Waals surface area (Å²) in [5.41, 5.74) is -0.704. The van der Waals surface area contributed by atoms with Crippen molar-refractivity contribution in [2.45, 2.75) is 80.4 Å². The zero-order chi connectivity index (χ0) is 20.3. The van der Waals surface area contributed by atoms with E-state index in [1.807, 2.05) is 11.9 Å². The van der Waals surface area contributed by atoms with Crippen LogP contribution in [0.5, 0.6) is 0 Å². The Balaban J connectivity index is 2.13. The monoisotopic (exact) mass is 424 g/mol. The van der Waals surface area contributed by atoms with E-state index in [1.165, 1.54) is 11.8 Å². The number of rotatable bonds is 6. The molecule has 7 unspecified atom stereocenters. The standard InChI is InChI=1S/C18H33ClN2O5S/c1-5-10-6-7-21(3)11(8-10)17(25)20-12(9(2)19)16-14(23)13(22)15(24)18(26-16)27-4/h9-16,18,22-24H,5-8H2,1-4H3,(H,20,25)/t9?,10-,11+,12?,13?,14?,15?,16?,18?/m1/s1. The van der Waals surface area contributed by atoms with Gasteiger partial charge in [-0.15, -0.1) is 23.4 Å². The number of amides is 1. The van der Waals surface area contributed by atoms with Gasteiger partial charge in [-0.05, 0) is 45.5 Å². The third kappa shape index (κ3) is 5.29. The first kappa shape index (κ1) is 23.2. The molecule has 9 heteroatoms. The summed E-state index contributed by atoms with van der Waals surface area (Å²) in [5, 5.41) is 33.1. The van der Waals surface area contributed by atoms with E-state index in [0.29, 0.717) is 5.92 Å². The van der Waals surface area contributed by atoms with Crippen LogP contribution in [0.25, 0.3) is 0 Å². The Morgan fingerprint density at radius 3 is 2.56 bits per heavy atom. The van der Waals surface area contributed by atoms with Gasteiger partial charge in [0.1, 0.15) is 29.9 Å². The lowest BCUT2D eigenvalue weighted by molar-refractivity contribution is -0.205. The number of aliphatic hydroxyl groups excluding tert-OH is 3. The van der Waals surface area contributed by atoms with Gasteiger partial charge >= 0.3 is 0 Å². The Morgan fingerprint density at radius 2 is 2.00 bits per heavy atom. The van der Waals surface area contributed by atoms with Crippen LogP contribution in [0.15, 0.2) is 0 Å². The summed E-state index contributed by atoms with van der Waals surface area (Å²) in [4.78, 5) is 15.0. The first-order valence-electron chi connectivity index (χ1n) is 9.58. The SMILES string of the molecule is CC[C@@H]1CCN(C)[C@H](C(=O)NC(C(C)Cl)C2OC(SC)C(O)C(O)C2O)C1. The molecule has 2 aliphatic rings. The number of hydrogen-bond donors (Lipinski definition) is 4. The summed E-state index contributed by atoms with van der Waals surface area (Å²) < 4.78 is 5.80. The van der Waals surface area contributed by atoms with Crippen LogP contribution >= 0.6 is 23.4 Å². The number of halogens is 1. The van der Waals surface area contributed by atoms with Crippen molar-refractivity contribution in [2.24, 2.45) is 5.92 Å². The normalized spacial score (nSPS) is 40.4. The Kier molecular flexibility index (Phi) is 8.67. The molecular formula is C18H33ClN2O5S. The summed E-state index contributed by atoms with van der Waals surface area (Å²) in [6, 6.07) is -0.949. The van der Waals surface area contributed by atoms with Gasteiger partial charge in [0, 0.05) is 0 Å². The predicted octanol–water partition coefficient (Wildman–Crippen LogP) is 0.390. The number of likely N-dealkylation sites (tertiary alicyclic amines) is 1. The second-order valence-corrected chi connectivity index (χ2v) is 9.31. The maximum Gasteiger partial charge on any atom is 0.237 e. The molecule has 0 bridgehead atoms. The minimum atomic E-state index is -1.36. The first-order valence-corrected chi connectivity index (χ1v) is 11.3. The molecule has 2 aliphatic heterocycles. The van der Waals surface area contributed by atoms with Gasteiger partial charge in [0.2, 0.25) is 5.91 Å². The van der Waals surface area contributed by atoms with Crippen LogP contribution in [0.1, 0.15) is 33.1 Å². The highest BCUT2D eigenvalue weighted by atomic mass is 35.5. The minimum Gasteiger partial charge on any atom is -0.388 e. The molecule has 158 valence electrons. The van der Waals surface area contributed by atoms with Gasteiger partial charge in [-0.1, -0.05) is 13.3 Å². The average molecular weight is 425 g/mol. The quantitative estimate of drug-likeness (QED) is 0.457. The van der Waals surface area contributed by atoms with Crippen LogP contribution in [0.3, 0.4) is 0 Å². The summed E-state index contributed by atoms with van der Waals surface area (Å²) in [6.45, 7) is 4.71. The van der Waals surface area contributed by atoms with Crippen LogP contribution < -0.4 is 5.32 Å². The van der Waals surface area contributed by atoms with Gasteiger partial charge in [-0.3, -0.25) is 9.69 Å². The number of carbonyl (C=O) groups is 1. The molecule has 9 atom stereocenters. The van der Waals surface area contributed by atoms with Crippen molar-refractivity contribution >= 4 is 29.3 Å². The lowest BCUT2D eigenvalue weighted by Gasteiger charge is -2.44. The van der Waals surface area contributed by atoms with Crippen LogP contribution in [0, 0.1) is 5.92 Å². The van der Waals surface area contributed by atoms with Crippen LogP contribution in [0.2, 0.25) is 0 Å². The fraction of sp³-hybridized carbons (Fsp3) is 0.944. The van der Waals surface area contributed by atoms with Crippen molar-refractivity contribution in [1.29, 1.82) is 0 Å². The Labute approximate surface area is 170 Å². The molecule has 0 aromatic heterocycles. The Morgan fingerprint density at radius 1 is 1.33 bits per heavy atom. The zero-order valence-electron chi connectivity index (χ0n) is 16.4. The highest BCUT2D eigenvalue weighted by molar-refractivity contribution is 7.99. The van der Waals surface area contributed by atoms with Crippen molar-refractivity contribution in [2.75, 3.05) is 19.8 Å². The molecule has 0 aromatic carbocycles. The fourth-order valence-corrected chi connectivity index (χ4v) is 4.80. The number of ether oxygens (including phenoxy) is 1. The topological polar surface area (TPSA) is 102 Å². The number of carbonyl (C=O) groups excluding carboxylic acids is 1. The van der Waals surface area contributed by atoms with E-state index in [2.05, 4.69) is 12.2 Å². The molecule has 27 heavy (non-hydrogen) atoms. The molecule has 0 radical (unpaired) electrons. The van der Waals surface area contributed by atoms with Gasteiger partial charge < -0.3 is 25.4 Å². The predicted molar refractivity (Wildman–Crippen MR) is 107 cm³/mol. The molecule has 0 aromatic rings. The number of likely N-dealkylation sites (N-methyl/N-ethyl adjacent to an activating group) is 1. The number of thioether (sulfide) groups is 1. The fourth-order valence-electron chi connectivity index (χ4n) is 3.92. The lowest BCUT2D eigenvalue weighted by atomic mass is 9.88. The van der Waals surface area contributed by atoms with E-state index in [0.717, 1.165) is 25.8 Å². The van der Waals surface area contributed by atoms with Gasteiger partial charge in [-0.2, -0.15) is 0 Å². The molecule has 1 amide bonds. The van der Waals surface area contributed by atoms with Crippen LogP contribution in [-0.4, -0.2) is 93.3 Å². The lowest BCUT2D eigenvalue weighted by Crippen LogP contribution is -2.65. The maximum atomic E-state index is 13.0. The molecule has 2 saturated heterocycles. The number of nitrogens with zero attached hydrogens (tertiary/aromatic N) is 1. The highest BCUT2D eigenvalue weighted by Crippen LogP contribution is 2.31. The van der Waals surface area contributed by atoms with Crippen molar-refractivity contribution in [3.63, 3.8) is 0 Å². The van der Waals surface area contributed by atoms with Crippen molar-refractivity contribution in [3.05, 3.63) is 0 Å². The molecule has 7 nitrogen and oxygen atoms in total. The second kappa shape index (κ2) is 10.1. The third-order valence-electron chi connectivity index (χ3n) is 5.86. The third-order valence-corrected chi connectivity index (χ3v) is 6.98. The minimum absolute atomic E-state index is 0.148. The number of piperidine rings is 1. The van der Waals surface area contributed by atoms with Crippen molar-refractivity contribution < 1.29 is 24.9 Å². The van der Waals surface area contributed by atoms with Gasteiger partial charge in [0.05, 0.1) is 17.5 Å². The number of alkyl halides is 1. The average Bonchev–Trinajstić information content (AvgIpc) is 2.65. The van der Waals surface area contributed by atoms with E-state index >= 15 is 0 Å². The number of hydrogen-bond acceptors (Lipinski definition) is 7. The molecule has 0 saturated carbocycles. The summed E-state index contributed by atoms with van der Waals surface area (Å²) in [6.07, 6.45) is -0.177. The van der Waals surface area contributed by atoms with Crippen LogP contribution in [0.4, 0.5) is 0 Å². The molecule has 0 aliphatic carbocycles. The summed E-state index contributed by atoms with van der Waals surface area (Å²) in [5.74, 6) is 0.364. The van der Waals surface area contributed by atoms with Gasteiger partial charge in [0.15, 0.2) is 0 Å². The molecular weight excluding hydrogens is 392 g/mol. The zero-order valence-corrected chi connectivity index (χ0v) is 18.0. The van der Waals surface area contributed by atoms with Crippen molar-refractivity contribution in [1.82, 2.24) is 10.2 Å². The van der Waals surface area contributed by atoms with Crippen LogP contribution in [-0.2, 0) is 9.53 Å². The van der Waals surface area contributed by atoms with E-state index in [1.54, 1.807) is 13.2 Å². The Hall–Kier alpha value is -0.0900. The van der Waals surface area contributed by atoms with E-state index in [-0.39, 0.29) is 11.9 Å². The van der Waals surface area contributed by atoms with E-state index in [9.17, 15) is 20.1 Å². The first-order chi connectivity index (χ1) is 12.7. The summed E-state index contributed by atoms with van der Waals surface area (Å²) in [7, 11) is 1.94. The molecule has 2 heterocycles. The summed E-state index contributed by atoms with van der Waals surface area (Å²) >= 11 is 7.56. The Bertz CT molecular complexity index is 498. The second-order valence-electron chi connectivity index (χ2n) is 7.68. The molecule has 0 spiro atoms. The number of aliphatic hydroxyl groups is 3. The van der Waals surface area contributed by atoms with Crippen molar-refractivity contribution in [3.8, 4) is 0 Å². The molecule has 2 fully saturated rings. The maximum absolute atomic E-state index is 13.0.